The van der Waals surface area contributed by atoms with Gasteiger partial charge in [-0.25, -0.2) is 20.0 Å². The lowest BCUT2D eigenvalue weighted by Gasteiger charge is -2.16. The lowest BCUT2D eigenvalue weighted by atomic mass is 10.0. The van der Waals surface area contributed by atoms with Crippen LogP contribution in [0.4, 0.5) is 11.6 Å². The molecule has 0 unspecified atom stereocenters. The van der Waals surface area contributed by atoms with Crippen LogP contribution in [0.2, 0.25) is 0 Å². The quantitative estimate of drug-likeness (QED) is 0.502. The highest BCUT2D eigenvalue weighted by Gasteiger charge is 2.30. The van der Waals surface area contributed by atoms with Crippen LogP contribution in [-0.2, 0) is 0 Å². The van der Waals surface area contributed by atoms with Crippen LogP contribution in [0, 0.1) is 55.4 Å². The molecule has 0 fully saturated rings. The van der Waals surface area contributed by atoms with Crippen molar-refractivity contribution < 1.29 is 0 Å². The van der Waals surface area contributed by atoms with Crippen molar-refractivity contribution in [2.45, 2.75) is 55.4 Å². The third kappa shape index (κ3) is 3.42. The van der Waals surface area contributed by atoms with Crippen LogP contribution in [0.1, 0.15) is 55.9 Å². The Hall–Kier alpha value is -3.34. The van der Waals surface area contributed by atoms with E-state index in [0.29, 0.717) is 0 Å². The van der Waals surface area contributed by atoms with Gasteiger partial charge in [0, 0.05) is 29.6 Å². The Bertz CT molecular complexity index is 1210. The first-order chi connectivity index (χ1) is 15.1. The number of benzene rings is 1. The Morgan fingerprint density at radius 1 is 0.562 bits per heavy atom. The van der Waals surface area contributed by atoms with Gasteiger partial charge in [-0.3, -0.25) is 0 Å². The number of nitrogens with zero attached hydrogens (tertiary/aromatic N) is 5. The van der Waals surface area contributed by atoms with E-state index in [-0.39, 0.29) is 0 Å². The van der Waals surface area contributed by atoms with E-state index in [1.54, 1.807) is 0 Å². The number of amidine groups is 2. The normalized spacial score (nSPS) is 15.7. The molecule has 1 aliphatic heterocycles. The molecule has 2 aromatic heterocycles. The van der Waals surface area contributed by atoms with Crippen molar-refractivity contribution in [3.8, 4) is 0 Å². The Labute approximate surface area is 191 Å². The van der Waals surface area contributed by atoms with Crippen molar-refractivity contribution in [2.24, 2.45) is 9.98 Å². The highest BCUT2D eigenvalue weighted by Crippen LogP contribution is 2.31. The summed E-state index contributed by atoms with van der Waals surface area (Å²) in [4.78, 5) is 21.7. The van der Waals surface area contributed by atoms with Crippen molar-refractivity contribution in [1.29, 1.82) is 0 Å². The van der Waals surface area contributed by atoms with Crippen LogP contribution in [0.3, 0.4) is 0 Å². The van der Waals surface area contributed by atoms with Crippen molar-refractivity contribution >= 4 is 23.3 Å². The first-order valence-corrected chi connectivity index (χ1v) is 11.0. The molecule has 164 valence electrons. The molecule has 5 heteroatoms. The van der Waals surface area contributed by atoms with Crippen molar-refractivity contribution in [3.05, 3.63) is 80.2 Å². The van der Waals surface area contributed by atoms with E-state index in [1.165, 1.54) is 22.3 Å². The molecule has 1 aliphatic rings. The highest BCUT2D eigenvalue weighted by molar-refractivity contribution is 6.25. The maximum Gasteiger partial charge on any atom is 0.157 e. The predicted molar refractivity (Wildman–Crippen MR) is 133 cm³/mol. The zero-order chi connectivity index (χ0) is 23.3. The Morgan fingerprint density at radius 3 is 1.31 bits per heavy atom. The SMILES string of the molecule is Cc1nc(/N=C2\c3ccccc3/C(=N\c3nc(C)c(C)c(C)c3C)N2C)c(C)c(C)c1C. The average Bonchev–Trinajstić information content (AvgIpc) is 3.04. The van der Waals surface area contributed by atoms with Crippen molar-refractivity contribution in [3.63, 3.8) is 0 Å². The second-order valence-corrected chi connectivity index (χ2v) is 8.77. The molecule has 0 spiro atoms. The summed E-state index contributed by atoms with van der Waals surface area (Å²) in [5, 5.41) is 0. The molecule has 0 N–H and O–H groups in total. The third-order valence-electron chi connectivity index (χ3n) is 7.02. The molecule has 0 amide bonds. The summed E-state index contributed by atoms with van der Waals surface area (Å²) in [6, 6.07) is 8.28. The number of pyridine rings is 2. The number of fused-ring (bicyclic) bond motifs is 1. The van der Waals surface area contributed by atoms with Gasteiger partial charge in [0.1, 0.15) is 11.7 Å². The van der Waals surface area contributed by atoms with Crippen LogP contribution in [0.15, 0.2) is 34.3 Å². The summed E-state index contributed by atoms with van der Waals surface area (Å²) < 4.78 is 0. The molecule has 3 heterocycles. The molecule has 5 nitrogen and oxygen atoms in total. The number of hydrogen-bond donors (Lipinski definition) is 0. The van der Waals surface area contributed by atoms with E-state index >= 15 is 0 Å². The highest BCUT2D eigenvalue weighted by atomic mass is 15.3. The maximum atomic E-state index is 5.04. The lowest BCUT2D eigenvalue weighted by Crippen LogP contribution is -2.26. The number of aliphatic imine (C=N–C) groups is 2. The molecular formula is C27H31N5. The third-order valence-corrected chi connectivity index (χ3v) is 7.02. The maximum absolute atomic E-state index is 5.04. The molecule has 4 rings (SSSR count). The van der Waals surface area contributed by atoms with Crippen LogP contribution >= 0.6 is 0 Å². The van der Waals surface area contributed by atoms with Crippen LogP contribution in [0.25, 0.3) is 0 Å². The van der Waals surface area contributed by atoms with E-state index < -0.39 is 0 Å². The molecule has 0 saturated carbocycles. The fourth-order valence-electron chi connectivity index (χ4n) is 4.12. The van der Waals surface area contributed by atoms with E-state index in [1.807, 2.05) is 33.0 Å². The number of rotatable bonds is 2. The second kappa shape index (κ2) is 7.97. The largest absolute Gasteiger partial charge is 0.313 e. The Morgan fingerprint density at radius 2 is 0.938 bits per heavy atom. The first kappa shape index (κ1) is 21.9. The smallest absolute Gasteiger partial charge is 0.157 e. The van der Waals surface area contributed by atoms with Gasteiger partial charge in [0.05, 0.1) is 0 Å². The minimum Gasteiger partial charge on any atom is -0.313 e. The molecule has 0 aliphatic carbocycles. The first-order valence-electron chi connectivity index (χ1n) is 11.0. The van der Waals surface area contributed by atoms with Gasteiger partial charge in [0.25, 0.3) is 0 Å². The minimum absolute atomic E-state index is 0.764. The summed E-state index contributed by atoms with van der Waals surface area (Å²) in [5.74, 6) is 3.24. The van der Waals surface area contributed by atoms with Gasteiger partial charge >= 0.3 is 0 Å². The Balaban J connectivity index is 1.91. The van der Waals surface area contributed by atoms with E-state index in [4.69, 9.17) is 20.0 Å². The summed E-state index contributed by atoms with van der Waals surface area (Å²) in [7, 11) is 2.02. The summed E-state index contributed by atoms with van der Waals surface area (Å²) in [6.07, 6.45) is 0. The molecule has 0 radical (unpaired) electrons. The molecule has 1 aromatic carbocycles. The standard InChI is InChI=1S/C27H31N5/c1-14-16(3)20(7)28-24(18(14)5)30-26-22-12-10-11-13-23(22)27(32(26)9)31-25-19(6)15(2)17(4)21(8)29-25/h10-13H,1-9H3/b30-26+,31-27+. The van der Waals surface area contributed by atoms with E-state index in [2.05, 4.69) is 58.6 Å². The zero-order valence-electron chi connectivity index (χ0n) is 20.5. The zero-order valence-corrected chi connectivity index (χ0v) is 20.5. The Kier molecular flexibility index (Phi) is 5.45. The number of aryl methyl sites for hydroxylation is 2. The predicted octanol–water partition coefficient (Wildman–Crippen LogP) is 6.05. The summed E-state index contributed by atoms with van der Waals surface area (Å²) >= 11 is 0. The molecule has 3 aromatic rings. The van der Waals surface area contributed by atoms with Crippen LogP contribution < -0.4 is 0 Å². The van der Waals surface area contributed by atoms with Gasteiger partial charge in [-0.05, 0) is 88.8 Å². The van der Waals surface area contributed by atoms with Gasteiger partial charge in [-0.1, -0.05) is 24.3 Å². The van der Waals surface area contributed by atoms with Gasteiger partial charge in [-0.2, -0.15) is 0 Å². The topological polar surface area (TPSA) is 53.7 Å². The molecule has 0 bridgehead atoms. The van der Waals surface area contributed by atoms with E-state index in [9.17, 15) is 0 Å². The van der Waals surface area contributed by atoms with Crippen molar-refractivity contribution in [2.75, 3.05) is 7.05 Å². The van der Waals surface area contributed by atoms with Crippen molar-refractivity contribution in [1.82, 2.24) is 14.9 Å². The molecule has 0 atom stereocenters. The van der Waals surface area contributed by atoms with Crippen LogP contribution in [0.5, 0.6) is 0 Å². The molecule has 0 saturated heterocycles. The molecular weight excluding hydrogens is 394 g/mol. The fourth-order valence-corrected chi connectivity index (χ4v) is 4.12. The monoisotopic (exact) mass is 425 g/mol. The van der Waals surface area contributed by atoms with E-state index in [0.717, 1.165) is 56.9 Å². The molecule has 32 heavy (non-hydrogen) atoms. The number of aromatic nitrogens is 2. The fraction of sp³-hybridized carbons (Fsp3) is 0.333. The average molecular weight is 426 g/mol. The summed E-state index contributed by atoms with van der Waals surface area (Å²) in [5.41, 5.74) is 11.3. The van der Waals surface area contributed by atoms with Crippen LogP contribution in [-0.4, -0.2) is 33.6 Å². The van der Waals surface area contributed by atoms with Gasteiger partial charge in [-0.15, -0.1) is 0 Å². The lowest BCUT2D eigenvalue weighted by molar-refractivity contribution is 0.768. The minimum atomic E-state index is 0.764. The van der Waals surface area contributed by atoms with Gasteiger partial charge in [0.15, 0.2) is 11.6 Å². The summed E-state index contributed by atoms with van der Waals surface area (Å²) in [6.45, 7) is 16.8. The van der Waals surface area contributed by atoms with Gasteiger partial charge < -0.3 is 4.90 Å². The second-order valence-electron chi connectivity index (χ2n) is 8.77. The van der Waals surface area contributed by atoms with Gasteiger partial charge in [0.2, 0.25) is 0 Å². The number of hydrogen-bond acceptors (Lipinski definition) is 4.